The van der Waals surface area contributed by atoms with Gasteiger partial charge in [-0.25, -0.2) is 9.97 Å². The monoisotopic (exact) mass is 200 g/mol. The van der Waals surface area contributed by atoms with Crippen molar-refractivity contribution in [2.24, 2.45) is 0 Å². The molecule has 3 nitrogen and oxygen atoms in total. The second kappa shape index (κ2) is 4.19. The maximum absolute atomic E-state index is 10.0. The van der Waals surface area contributed by atoms with E-state index in [1.807, 2.05) is 30.3 Å². The molecular weight excluding hydrogens is 188 g/mol. The van der Waals surface area contributed by atoms with E-state index in [9.17, 15) is 5.11 Å². The first-order valence-corrected chi connectivity index (χ1v) is 4.80. The maximum atomic E-state index is 10.0. The summed E-state index contributed by atoms with van der Waals surface area (Å²) in [6.45, 7) is 1.81. The third-order valence-electron chi connectivity index (χ3n) is 2.19. The quantitative estimate of drug-likeness (QED) is 0.804. The number of benzene rings is 1. The first-order chi connectivity index (χ1) is 7.27. The van der Waals surface area contributed by atoms with Gasteiger partial charge in [-0.05, 0) is 18.6 Å². The van der Waals surface area contributed by atoms with Gasteiger partial charge >= 0.3 is 0 Å². The van der Waals surface area contributed by atoms with Crippen LogP contribution in [-0.4, -0.2) is 15.1 Å². The summed E-state index contributed by atoms with van der Waals surface area (Å²) in [7, 11) is 0. The maximum Gasteiger partial charge on any atom is 0.125 e. The minimum Gasteiger partial charge on any atom is -0.382 e. The molecule has 0 saturated carbocycles. The summed E-state index contributed by atoms with van der Waals surface area (Å²) in [5, 5.41) is 10.0. The number of aliphatic hydroxyl groups is 1. The molecule has 1 unspecified atom stereocenters. The second-order valence-corrected chi connectivity index (χ2v) is 3.34. The van der Waals surface area contributed by atoms with Crippen molar-refractivity contribution >= 4 is 0 Å². The van der Waals surface area contributed by atoms with Crippen molar-refractivity contribution in [3.05, 3.63) is 59.7 Å². The van der Waals surface area contributed by atoms with E-state index in [1.54, 1.807) is 19.2 Å². The summed E-state index contributed by atoms with van der Waals surface area (Å²) < 4.78 is 0. The Morgan fingerprint density at radius 2 is 1.87 bits per heavy atom. The lowest BCUT2D eigenvalue weighted by molar-refractivity contribution is 0.215. The van der Waals surface area contributed by atoms with Crippen molar-refractivity contribution < 1.29 is 5.11 Å². The Morgan fingerprint density at radius 1 is 1.13 bits per heavy atom. The molecule has 0 bridgehead atoms. The van der Waals surface area contributed by atoms with E-state index >= 15 is 0 Å². The van der Waals surface area contributed by atoms with Gasteiger partial charge in [-0.15, -0.1) is 0 Å². The van der Waals surface area contributed by atoms with Gasteiger partial charge in [-0.1, -0.05) is 30.3 Å². The van der Waals surface area contributed by atoms with Crippen LogP contribution in [0.5, 0.6) is 0 Å². The molecule has 1 aromatic heterocycles. The van der Waals surface area contributed by atoms with Gasteiger partial charge in [-0.3, -0.25) is 0 Å². The summed E-state index contributed by atoms with van der Waals surface area (Å²) in [6.07, 6.45) is 0.983. The summed E-state index contributed by atoms with van der Waals surface area (Å²) in [5.41, 5.74) is 1.48. The van der Waals surface area contributed by atoms with Crippen LogP contribution in [0.25, 0.3) is 0 Å². The van der Waals surface area contributed by atoms with E-state index < -0.39 is 6.10 Å². The summed E-state index contributed by atoms with van der Waals surface area (Å²) in [5.74, 6) is 0.669. The second-order valence-electron chi connectivity index (χ2n) is 3.34. The summed E-state index contributed by atoms with van der Waals surface area (Å²) in [6, 6.07) is 11.2. The molecule has 2 rings (SSSR count). The van der Waals surface area contributed by atoms with Crippen LogP contribution >= 0.6 is 0 Å². The van der Waals surface area contributed by atoms with E-state index in [0.29, 0.717) is 11.5 Å². The molecule has 0 amide bonds. The average molecular weight is 200 g/mol. The van der Waals surface area contributed by atoms with Gasteiger partial charge in [-0.2, -0.15) is 0 Å². The Hall–Kier alpha value is -1.74. The molecule has 76 valence electrons. The molecule has 0 spiro atoms. The highest BCUT2D eigenvalue weighted by Gasteiger charge is 2.10. The van der Waals surface area contributed by atoms with Gasteiger partial charge in [0.25, 0.3) is 0 Å². The number of hydrogen-bond donors (Lipinski definition) is 1. The van der Waals surface area contributed by atoms with Gasteiger partial charge in [0.2, 0.25) is 0 Å². The molecule has 0 fully saturated rings. The third-order valence-corrected chi connectivity index (χ3v) is 2.19. The zero-order chi connectivity index (χ0) is 10.7. The van der Waals surface area contributed by atoms with Crippen molar-refractivity contribution in [3.63, 3.8) is 0 Å². The summed E-state index contributed by atoms with van der Waals surface area (Å²) >= 11 is 0. The molecule has 1 N–H and O–H groups in total. The molecule has 0 aliphatic carbocycles. The van der Waals surface area contributed by atoms with Crippen LogP contribution in [0.3, 0.4) is 0 Å². The first kappa shape index (κ1) is 9.80. The molecule has 0 radical (unpaired) electrons. The first-order valence-electron chi connectivity index (χ1n) is 4.80. The van der Waals surface area contributed by atoms with E-state index in [1.165, 1.54) is 0 Å². The standard InChI is InChI=1S/C12H12N2O/c1-9-13-8-7-11(14-9)12(15)10-5-3-2-4-6-10/h2-8,12,15H,1H3. The predicted octanol–water partition coefficient (Wildman–Crippen LogP) is 1.87. The molecule has 0 aliphatic rings. The van der Waals surface area contributed by atoms with Gasteiger partial charge < -0.3 is 5.11 Å². The number of aliphatic hydroxyl groups excluding tert-OH is 1. The lowest BCUT2D eigenvalue weighted by Gasteiger charge is -2.10. The Morgan fingerprint density at radius 3 is 2.53 bits per heavy atom. The van der Waals surface area contributed by atoms with Crippen LogP contribution in [0.2, 0.25) is 0 Å². The van der Waals surface area contributed by atoms with Gasteiger partial charge in [0.05, 0.1) is 5.69 Å². The van der Waals surface area contributed by atoms with Crippen molar-refractivity contribution in [1.82, 2.24) is 9.97 Å². The number of rotatable bonds is 2. The zero-order valence-electron chi connectivity index (χ0n) is 8.46. The Labute approximate surface area is 88.5 Å². The predicted molar refractivity (Wildman–Crippen MR) is 57.3 cm³/mol. The highest BCUT2D eigenvalue weighted by atomic mass is 16.3. The molecule has 0 saturated heterocycles. The largest absolute Gasteiger partial charge is 0.382 e. The van der Waals surface area contributed by atoms with Crippen LogP contribution in [0.1, 0.15) is 23.2 Å². The molecular formula is C12H12N2O. The topological polar surface area (TPSA) is 46.0 Å². The average Bonchev–Trinajstić information content (AvgIpc) is 2.29. The van der Waals surface area contributed by atoms with E-state index in [0.717, 1.165) is 5.56 Å². The van der Waals surface area contributed by atoms with Gasteiger partial charge in [0.15, 0.2) is 0 Å². The molecule has 1 aromatic carbocycles. The fraction of sp³-hybridized carbons (Fsp3) is 0.167. The molecule has 15 heavy (non-hydrogen) atoms. The number of nitrogens with zero attached hydrogens (tertiary/aromatic N) is 2. The Balaban J connectivity index is 2.32. The van der Waals surface area contributed by atoms with Crippen molar-refractivity contribution in [2.75, 3.05) is 0 Å². The van der Waals surface area contributed by atoms with Crippen LogP contribution < -0.4 is 0 Å². The summed E-state index contributed by atoms with van der Waals surface area (Å²) in [4.78, 5) is 8.18. The lowest BCUT2D eigenvalue weighted by Crippen LogP contribution is -2.03. The number of aryl methyl sites for hydroxylation is 1. The molecule has 0 aliphatic heterocycles. The fourth-order valence-corrected chi connectivity index (χ4v) is 1.43. The minimum absolute atomic E-state index is 0.633. The van der Waals surface area contributed by atoms with Crippen molar-refractivity contribution in [2.45, 2.75) is 13.0 Å². The molecule has 1 atom stereocenters. The van der Waals surface area contributed by atoms with E-state index in [4.69, 9.17) is 0 Å². The molecule has 2 aromatic rings. The minimum atomic E-state index is -0.673. The molecule has 1 heterocycles. The third kappa shape index (κ3) is 2.19. The van der Waals surface area contributed by atoms with E-state index in [2.05, 4.69) is 9.97 Å². The van der Waals surface area contributed by atoms with Crippen LogP contribution in [-0.2, 0) is 0 Å². The van der Waals surface area contributed by atoms with Gasteiger partial charge in [0, 0.05) is 6.20 Å². The highest BCUT2D eigenvalue weighted by molar-refractivity contribution is 5.24. The van der Waals surface area contributed by atoms with Crippen molar-refractivity contribution in [3.8, 4) is 0 Å². The highest BCUT2D eigenvalue weighted by Crippen LogP contribution is 2.18. The fourth-order valence-electron chi connectivity index (χ4n) is 1.43. The normalized spacial score (nSPS) is 12.4. The molecule has 3 heteroatoms. The number of hydrogen-bond acceptors (Lipinski definition) is 3. The van der Waals surface area contributed by atoms with Gasteiger partial charge in [0.1, 0.15) is 11.9 Å². The SMILES string of the molecule is Cc1nccc(C(O)c2ccccc2)n1. The van der Waals surface area contributed by atoms with Crippen molar-refractivity contribution in [1.29, 1.82) is 0 Å². The Bertz CT molecular complexity index is 442. The lowest BCUT2D eigenvalue weighted by atomic mass is 10.1. The number of aromatic nitrogens is 2. The zero-order valence-corrected chi connectivity index (χ0v) is 8.46. The van der Waals surface area contributed by atoms with Crippen LogP contribution in [0.4, 0.5) is 0 Å². The van der Waals surface area contributed by atoms with Crippen LogP contribution in [0.15, 0.2) is 42.6 Å². The Kier molecular flexibility index (Phi) is 2.74. The smallest absolute Gasteiger partial charge is 0.125 e. The van der Waals surface area contributed by atoms with Crippen LogP contribution in [0, 0.1) is 6.92 Å². The van der Waals surface area contributed by atoms with E-state index in [-0.39, 0.29) is 0 Å².